The lowest BCUT2D eigenvalue weighted by molar-refractivity contribution is -0.124. The average molecular weight is 296 g/mol. The van der Waals surface area contributed by atoms with E-state index in [1.165, 1.54) is 51.3 Å². The van der Waals surface area contributed by atoms with Crippen molar-refractivity contribution >= 4 is 22.8 Å². The maximum absolute atomic E-state index is 14.3. The van der Waals surface area contributed by atoms with Crippen LogP contribution in [0.25, 0.3) is 0 Å². The summed E-state index contributed by atoms with van der Waals surface area (Å²) in [5, 5.41) is 3.47. The molecule has 5 atom stereocenters. The number of hydrogen-bond acceptors (Lipinski definition) is 3. The van der Waals surface area contributed by atoms with Gasteiger partial charge in [0.25, 0.3) is 0 Å². The van der Waals surface area contributed by atoms with Crippen LogP contribution in [0.15, 0.2) is 4.99 Å². The maximum atomic E-state index is 14.3. The third-order valence-corrected chi connectivity index (χ3v) is 7.64. The number of amidine groups is 1. The van der Waals surface area contributed by atoms with Gasteiger partial charge in [-0.15, -0.1) is 0 Å². The Morgan fingerprint density at radius 3 is 2.75 bits per heavy atom. The Balaban J connectivity index is 1.61. The number of carbonyl (C=O) groups is 1. The van der Waals surface area contributed by atoms with Crippen LogP contribution in [0.4, 0.5) is 4.39 Å². The van der Waals surface area contributed by atoms with E-state index in [4.69, 9.17) is 4.99 Å². The van der Waals surface area contributed by atoms with E-state index in [-0.39, 0.29) is 11.4 Å². The lowest BCUT2D eigenvalue weighted by Crippen LogP contribution is -2.48. The van der Waals surface area contributed by atoms with Gasteiger partial charge in [-0.2, -0.15) is 0 Å². The number of fused-ring (bicyclic) bond motifs is 5. The van der Waals surface area contributed by atoms with Crippen LogP contribution < -0.4 is 5.32 Å². The fourth-order valence-corrected chi connectivity index (χ4v) is 5.64. The summed E-state index contributed by atoms with van der Waals surface area (Å²) in [6.45, 7) is 4.62. The Hall–Kier alpha value is -0.580. The summed E-state index contributed by atoms with van der Waals surface area (Å²) in [6.07, 6.45) is 5.13. The van der Waals surface area contributed by atoms with E-state index in [1.807, 2.05) is 0 Å². The monoisotopic (exact) mass is 296 g/mol. The highest BCUT2D eigenvalue weighted by atomic mass is 32.2. The molecule has 0 radical (unpaired) electrons. The highest BCUT2D eigenvalue weighted by Crippen LogP contribution is 2.70. The molecule has 4 rings (SSSR count). The van der Waals surface area contributed by atoms with Gasteiger partial charge in [0.05, 0.1) is 5.54 Å². The first kappa shape index (κ1) is 13.1. The topological polar surface area (TPSA) is 41.5 Å². The van der Waals surface area contributed by atoms with Gasteiger partial charge < -0.3 is 5.32 Å². The number of amides is 1. The van der Waals surface area contributed by atoms with Gasteiger partial charge in [-0.25, -0.2) is 4.39 Å². The molecule has 1 saturated heterocycles. The van der Waals surface area contributed by atoms with Crippen molar-refractivity contribution in [1.29, 1.82) is 0 Å². The molecule has 1 aliphatic heterocycles. The van der Waals surface area contributed by atoms with Crippen LogP contribution >= 0.6 is 11.8 Å². The quantitative estimate of drug-likeness (QED) is 0.851. The number of rotatable bonds is 2. The van der Waals surface area contributed by atoms with E-state index in [0.29, 0.717) is 11.1 Å². The Morgan fingerprint density at radius 1 is 1.45 bits per heavy atom. The molecule has 4 fully saturated rings. The van der Waals surface area contributed by atoms with Crippen LogP contribution in [0.5, 0.6) is 0 Å². The van der Waals surface area contributed by atoms with E-state index in [1.54, 1.807) is 6.92 Å². The van der Waals surface area contributed by atoms with Crippen molar-refractivity contribution in [3.8, 4) is 0 Å². The fourth-order valence-electron chi connectivity index (χ4n) is 4.51. The smallest absolute Gasteiger partial charge is 0.245 e. The third kappa shape index (κ3) is 1.48. The highest BCUT2D eigenvalue weighted by molar-refractivity contribution is 8.16. The van der Waals surface area contributed by atoms with Gasteiger partial charge in [0.1, 0.15) is 10.4 Å². The number of nitrogens with zero attached hydrogens (tertiary/aromatic N) is 1. The summed E-state index contributed by atoms with van der Waals surface area (Å²) in [4.78, 5) is 17.1. The van der Waals surface area contributed by atoms with Crippen LogP contribution in [0.1, 0.15) is 46.5 Å². The molecule has 3 aliphatic carbocycles. The molecule has 1 amide bonds. The predicted molar refractivity (Wildman–Crippen MR) is 78.4 cm³/mol. The first-order valence-corrected chi connectivity index (χ1v) is 8.37. The summed E-state index contributed by atoms with van der Waals surface area (Å²) in [5.41, 5.74) is -1.46. The second-order valence-corrected chi connectivity index (χ2v) is 8.96. The van der Waals surface area contributed by atoms with Crippen molar-refractivity contribution in [1.82, 2.24) is 5.32 Å². The molecule has 0 aromatic rings. The number of hydrogen-bond donors (Lipinski definition) is 1. The number of nitrogens with one attached hydrogen (secondary N) is 1. The molecule has 2 unspecified atom stereocenters. The number of alkyl halides is 1. The summed E-state index contributed by atoms with van der Waals surface area (Å²) in [5.74, 6) is 2.05. The normalized spacial score (nSPS) is 51.5. The highest BCUT2D eigenvalue weighted by Gasteiger charge is 2.70. The Morgan fingerprint density at radius 2 is 2.20 bits per heavy atom. The molecule has 3 saturated carbocycles. The lowest BCUT2D eigenvalue weighted by atomic mass is 9.93. The molecular formula is C15H21FN2OS. The summed E-state index contributed by atoms with van der Waals surface area (Å²) >= 11 is 1.28. The summed E-state index contributed by atoms with van der Waals surface area (Å²) in [6, 6.07) is 0. The second kappa shape index (κ2) is 3.60. The van der Waals surface area contributed by atoms with Crippen molar-refractivity contribution in [3.05, 3.63) is 0 Å². The van der Waals surface area contributed by atoms with Gasteiger partial charge in [0.15, 0.2) is 5.17 Å². The summed E-state index contributed by atoms with van der Waals surface area (Å²) in [7, 11) is 0. The lowest BCUT2D eigenvalue weighted by Gasteiger charge is -2.30. The van der Waals surface area contributed by atoms with Crippen LogP contribution in [-0.4, -0.2) is 27.0 Å². The van der Waals surface area contributed by atoms with Crippen molar-refractivity contribution in [3.63, 3.8) is 0 Å². The molecule has 1 N–H and O–H groups in total. The molecule has 0 aromatic carbocycles. The Labute approximate surface area is 123 Å². The minimum absolute atomic E-state index is 0.101. The Bertz CT molecular complexity index is 528. The summed E-state index contributed by atoms with van der Waals surface area (Å²) < 4.78 is 13.3. The van der Waals surface area contributed by atoms with E-state index >= 15 is 0 Å². The second-order valence-electron chi connectivity index (χ2n) is 7.55. The van der Waals surface area contributed by atoms with Gasteiger partial charge in [-0.1, -0.05) is 11.8 Å². The molecule has 2 bridgehead atoms. The maximum Gasteiger partial charge on any atom is 0.245 e. The molecule has 4 aliphatic rings. The van der Waals surface area contributed by atoms with Crippen molar-refractivity contribution < 1.29 is 9.18 Å². The zero-order valence-corrected chi connectivity index (χ0v) is 13.0. The molecule has 1 heterocycles. The standard InChI is InChI=1S/C15H21FN2OS/c1-13(2,16)14(3)11(19)17-12(20-14)18-15-7-10(15)8-4-5-9(15)6-8/h8-10H,4-7H2,1-3H3,(H,17,18,19)/t8-,9+,10?,14?,15-/m1/s1. The molecule has 20 heavy (non-hydrogen) atoms. The van der Waals surface area contributed by atoms with Crippen LogP contribution in [0, 0.1) is 17.8 Å². The largest absolute Gasteiger partial charge is 0.304 e. The fraction of sp³-hybridized carbons (Fsp3) is 0.867. The zero-order chi connectivity index (χ0) is 14.3. The predicted octanol–water partition coefficient (Wildman–Crippen LogP) is 2.90. The van der Waals surface area contributed by atoms with E-state index in [0.717, 1.165) is 11.8 Å². The zero-order valence-electron chi connectivity index (χ0n) is 12.2. The van der Waals surface area contributed by atoms with E-state index < -0.39 is 10.4 Å². The van der Waals surface area contributed by atoms with Crippen molar-refractivity contribution in [2.45, 2.75) is 62.4 Å². The molecule has 5 heteroatoms. The van der Waals surface area contributed by atoms with Gasteiger partial charge in [-0.3, -0.25) is 9.79 Å². The van der Waals surface area contributed by atoms with Gasteiger partial charge in [0.2, 0.25) is 5.91 Å². The Kier molecular flexibility index (Phi) is 2.36. The minimum atomic E-state index is -1.56. The van der Waals surface area contributed by atoms with Crippen LogP contribution in [0.3, 0.4) is 0 Å². The van der Waals surface area contributed by atoms with Crippen LogP contribution in [0.2, 0.25) is 0 Å². The first-order valence-electron chi connectivity index (χ1n) is 7.55. The molecule has 3 nitrogen and oxygen atoms in total. The average Bonchev–Trinajstić information content (AvgIpc) is 2.65. The third-order valence-electron chi connectivity index (χ3n) is 6.18. The van der Waals surface area contributed by atoms with Gasteiger partial charge >= 0.3 is 0 Å². The molecule has 0 spiro atoms. The molecular weight excluding hydrogens is 275 g/mol. The van der Waals surface area contributed by atoms with E-state index in [2.05, 4.69) is 5.32 Å². The number of aliphatic imine (C=N–C) groups is 1. The van der Waals surface area contributed by atoms with Crippen molar-refractivity contribution in [2.75, 3.05) is 0 Å². The number of halogens is 1. The van der Waals surface area contributed by atoms with Crippen LogP contribution in [-0.2, 0) is 4.79 Å². The van der Waals surface area contributed by atoms with Gasteiger partial charge in [0, 0.05) is 0 Å². The molecule has 110 valence electrons. The number of carbonyl (C=O) groups excluding carboxylic acids is 1. The van der Waals surface area contributed by atoms with Crippen molar-refractivity contribution in [2.24, 2.45) is 22.7 Å². The van der Waals surface area contributed by atoms with Gasteiger partial charge in [-0.05, 0) is 64.2 Å². The first-order chi connectivity index (χ1) is 9.26. The number of thioether (sulfide) groups is 1. The minimum Gasteiger partial charge on any atom is -0.304 e. The van der Waals surface area contributed by atoms with E-state index in [9.17, 15) is 9.18 Å². The SMILES string of the molecule is CC(C)(F)C1(C)SC(=N[C@@]23CC2[C@@H]2CC[C@H]3C2)NC1=O. The molecule has 0 aromatic heterocycles.